The summed E-state index contributed by atoms with van der Waals surface area (Å²) in [5.74, 6) is 0.578. The summed E-state index contributed by atoms with van der Waals surface area (Å²) in [7, 11) is -1.22. The predicted octanol–water partition coefficient (Wildman–Crippen LogP) is 12.6. The van der Waals surface area contributed by atoms with E-state index < -0.39 is 8.07 Å². The Balaban J connectivity index is 0.000000299. The van der Waals surface area contributed by atoms with E-state index >= 15 is 0 Å². The Labute approximate surface area is 305 Å². The molecule has 0 unspecified atom stereocenters. The molecule has 0 N–H and O–H groups in total. The van der Waals surface area contributed by atoms with Crippen molar-refractivity contribution in [2.24, 2.45) is 0 Å². The van der Waals surface area contributed by atoms with E-state index in [2.05, 4.69) is 178 Å². The summed E-state index contributed by atoms with van der Waals surface area (Å²) in [6, 6.07) is 38.7. The van der Waals surface area contributed by atoms with Crippen LogP contribution in [0.3, 0.4) is 0 Å². The number of hydrogen-bond acceptors (Lipinski definition) is 0. The van der Waals surface area contributed by atoms with Crippen LogP contribution < -0.4 is 5.19 Å². The zero-order chi connectivity index (χ0) is 33.1. The van der Waals surface area contributed by atoms with Crippen molar-refractivity contribution in [1.82, 2.24) is 0 Å². The summed E-state index contributed by atoms with van der Waals surface area (Å²) in [4.78, 5) is 0. The van der Waals surface area contributed by atoms with E-state index in [1.54, 1.807) is 0 Å². The Bertz CT molecular complexity index is 1870. The summed E-state index contributed by atoms with van der Waals surface area (Å²) in [5, 5.41) is 7.01. The first-order valence-electron chi connectivity index (χ1n) is 16.1. The Morgan fingerprint density at radius 3 is 1.77 bits per heavy atom. The normalized spacial score (nSPS) is 11.2. The molecule has 6 rings (SSSR count). The maximum absolute atomic E-state index is 3.06. The summed E-state index contributed by atoms with van der Waals surface area (Å²) < 4.78 is 0. The minimum absolute atomic E-state index is 0. The molecule has 0 bridgehead atoms. The van der Waals surface area contributed by atoms with Crippen LogP contribution in [0.1, 0.15) is 62.8 Å². The van der Waals surface area contributed by atoms with Gasteiger partial charge in [-0.3, -0.25) is 0 Å². The third kappa shape index (κ3) is 9.53. The average molecular weight is 730 g/mol. The van der Waals surface area contributed by atoms with Crippen LogP contribution in [-0.4, -0.2) is 15.0 Å². The van der Waals surface area contributed by atoms with Gasteiger partial charge < -0.3 is 14.9 Å². The molecule has 3 heteroatoms. The average Bonchev–Trinajstić information content (AvgIpc) is 3.62. The molecule has 2 radical (unpaired) electrons. The molecule has 0 aromatic heterocycles. The predicted molar refractivity (Wildman–Crippen MR) is 214 cm³/mol. The fourth-order valence-corrected chi connectivity index (χ4v) is 7.15. The number of aryl methyl sites for hydroxylation is 2. The monoisotopic (exact) mass is 728 g/mol. The van der Waals surface area contributed by atoms with Gasteiger partial charge >= 0.3 is 30.2 Å². The Kier molecular flexibility index (Phi) is 14.4. The molecule has 0 heterocycles. The quantitative estimate of drug-likeness (QED) is 0.125. The van der Waals surface area contributed by atoms with Crippen LogP contribution in [-0.2, 0) is 28.8 Å². The first-order valence-corrected chi connectivity index (χ1v) is 23.7. The second kappa shape index (κ2) is 16.7. The third-order valence-electron chi connectivity index (χ3n) is 8.81. The van der Waals surface area contributed by atoms with E-state index in [4.69, 9.17) is 0 Å². The zero-order valence-electron chi connectivity index (χ0n) is 30.9. The zero-order valence-corrected chi connectivity index (χ0v) is 35.4. The van der Waals surface area contributed by atoms with E-state index in [0.29, 0.717) is 5.92 Å². The number of hydrogen-bond donors (Lipinski definition) is 0. The molecule has 0 aliphatic heterocycles. The van der Waals surface area contributed by atoms with Gasteiger partial charge in [0.15, 0.2) is 0 Å². The summed E-state index contributed by atoms with van der Waals surface area (Å²) in [6.45, 7) is 25.9. The molecule has 47 heavy (non-hydrogen) atoms. The third-order valence-corrected chi connectivity index (χ3v) is 10.9. The fourth-order valence-electron chi connectivity index (χ4n) is 5.98. The van der Waals surface area contributed by atoms with Gasteiger partial charge in [0, 0.05) is 0 Å². The van der Waals surface area contributed by atoms with Crippen molar-refractivity contribution in [1.29, 1.82) is 0 Å². The SMILES string of the molecule is CC(C)c1cc2c(-c3ccc([Si](C)(C)C)cc3)cccc2[cH-]1.Cc1cc2c(-c3ccc(C(C)(C)C)cc3)ccc(C)c2[cH-]1.[CH3-].[CH3-].[Si]=[Zr]. The molecule has 0 aliphatic carbocycles. The van der Waals surface area contributed by atoms with Crippen molar-refractivity contribution in [3.8, 4) is 22.3 Å². The molecular formula is C44H54Si2Zr-4. The van der Waals surface area contributed by atoms with E-state index in [-0.39, 0.29) is 20.3 Å². The second-order valence-corrected chi connectivity index (χ2v) is 19.8. The number of benzene rings is 4. The molecule has 0 saturated heterocycles. The minimum atomic E-state index is -1.22. The molecule has 0 nitrogen and oxygen atoms in total. The van der Waals surface area contributed by atoms with Crippen LogP contribution in [0.15, 0.2) is 103 Å². The molecule has 0 spiro atoms. The van der Waals surface area contributed by atoms with Gasteiger partial charge in [0.2, 0.25) is 0 Å². The Hall–Kier alpha value is -2.58. The van der Waals surface area contributed by atoms with Gasteiger partial charge in [-0.2, -0.15) is 12.1 Å². The van der Waals surface area contributed by atoms with E-state index in [0.717, 1.165) is 0 Å². The van der Waals surface area contributed by atoms with Crippen LogP contribution in [0.4, 0.5) is 0 Å². The molecule has 6 aromatic carbocycles. The van der Waals surface area contributed by atoms with E-state index in [1.165, 1.54) is 94.6 Å². The van der Waals surface area contributed by atoms with Crippen LogP contribution in [0.5, 0.6) is 0 Å². The maximum atomic E-state index is 3.06. The first kappa shape index (κ1) is 40.6. The van der Waals surface area contributed by atoms with Gasteiger partial charge in [0.05, 0.1) is 8.07 Å². The number of rotatable bonds is 4. The van der Waals surface area contributed by atoms with Crippen LogP contribution in [0.25, 0.3) is 43.8 Å². The van der Waals surface area contributed by atoms with Crippen molar-refractivity contribution in [2.45, 2.75) is 79.4 Å². The van der Waals surface area contributed by atoms with Gasteiger partial charge in [-0.15, -0.1) is 68.6 Å². The molecule has 246 valence electrons. The summed E-state index contributed by atoms with van der Waals surface area (Å²) in [5.41, 5.74) is 11.0. The van der Waals surface area contributed by atoms with E-state index in [1.807, 2.05) is 0 Å². The molecule has 0 saturated carbocycles. The van der Waals surface area contributed by atoms with Crippen LogP contribution >= 0.6 is 0 Å². The van der Waals surface area contributed by atoms with Crippen molar-refractivity contribution in [3.63, 3.8) is 0 Å². The molecule has 0 aliphatic rings. The molecule has 0 amide bonds. The second-order valence-electron chi connectivity index (χ2n) is 14.7. The standard InChI is InChI=1S/C21H25Si.C21H23.2CH3.Si.Zr/c1-15(2)18-13-17-7-6-8-20(21(17)14-18)16-9-11-19(12-10-16)22(3,4)5;1-14-12-19-15(2)6-11-18(20(19)13-14)16-7-9-17(10-8-16)21(3,4)5;;;;/h6-15H,1-5H3;6-13H,1-5H3;2*1H3;;/q4*-1;;. The summed E-state index contributed by atoms with van der Waals surface area (Å²) in [6.07, 6.45) is 0. The molecule has 0 fully saturated rings. The number of fused-ring (bicyclic) bond motifs is 2. The fraction of sp³-hybridized carbons (Fsp3) is 0.273. The molecule has 0 atom stereocenters. The topological polar surface area (TPSA) is 0 Å². The van der Waals surface area contributed by atoms with Gasteiger partial charge in [-0.05, 0) is 28.0 Å². The van der Waals surface area contributed by atoms with Crippen molar-refractivity contribution in [2.75, 3.05) is 0 Å². The van der Waals surface area contributed by atoms with Crippen LogP contribution in [0, 0.1) is 28.7 Å². The van der Waals surface area contributed by atoms with Crippen molar-refractivity contribution >= 4 is 41.7 Å². The van der Waals surface area contributed by atoms with E-state index in [9.17, 15) is 0 Å². The van der Waals surface area contributed by atoms with Gasteiger partial charge in [-0.25, -0.2) is 0 Å². The van der Waals surface area contributed by atoms with Crippen molar-refractivity contribution in [3.05, 3.63) is 140 Å². The van der Waals surface area contributed by atoms with Gasteiger partial charge in [0.1, 0.15) is 0 Å². The Morgan fingerprint density at radius 1 is 0.681 bits per heavy atom. The van der Waals surface area contributed by atoms with Crippen LogP contribution in [0.2, 0.25) is 19.6 Å². The molecular weight excluding hydrogens is 676 g/mol. The Morgan fingerprint density at radius 2 is 1.23 bits per heavy atom. The molecule has 6 aromatic rings. The van der Waals surface area contributed by atoms with Gasteiger partial charge in [-0.1, -0.05) is 145 Å². The first-order chi connectivity index (χ1) is 21.2. The van der Waals surface area contributed by atoms with Gasteiger partial charge in [0.25, 0.3) is 0 Å². The van der Waals surface area contributed by atoms with Crippen molar-refractivity contribution < 1.29 is 23.3 Å². The summed E-state index contributed by atoms with van der Waals surface area (Å²) >= 11 is 1.36.